The van der Waals surface area contributed by atoms with Crippen LogP contribution in [0, 0.1) is 0 Å². The number of nitrogens with zero attached hydrogens (tertiary/aromatic N) is 2. The largest absolute Gasteiger partial charge is 0.506 e. The molecule has 2 N–H and O–H groups in total. The second-order valence-corrected chi connectivity index (χ2v) is 4.27. The second-order valence-electron chi connectivity index (χ2n) is 3.51. The molecule has 0 fully saturated rings. The van der Waals surface area contributed by atoms with Crippen LogP contribution < -0.4 is 0 Å². The van der Waals surface area contributed by atoms with E-state index in [4.69, 9.17) is 0 Å². The molecule has 2 aromatic heterocycles. The van der Waals surface area contributed by atoms with Crippen LogP contribution in [0.5, 0.6) is 5.75 Å². The highest BCUT2D eigenvalue weighted by Crippen LogP contribution is 2.22. The van der Waals surface area contributed by atoms with Gasteiger partial charge in [0.25, 0.3) is 0 Å². The molecule has 0 amide bonds. The molecule has 2 heterocycles. The first kappa shape index (κ1) is 10.4. The molecule has 2 rings (SSSR count). The highest BCUT2D eigenvalue weighted by atomic mass is 79.9. The first-order valence-electron chi connectivity index (χ1n) is 4.61. The Hall–Kier alpha value is -1.07. The van der Waals surface area contributed by atoms with Crippen molar-refractivity contribution >= 4 is 21.4 Å². The second kappa shape index (κ2) is 3.83. The summed E-state index contributed by atoms with van der Waals surface area (Å²) >= 11 is 3.34. The number of aromatic hydroxyl groups is 1. The van der Waals surface area contributed by atoms with Crippen LogP contribution in [-0.2, 0) is 6.42 Å². The molecule has 4 nitrogen and oxygen atoms in total. The topological polar surface area (TPSA) is 57.8 Å². The van der Waals surface area contributed by atoms with Gasteiger partial charge in [-0.25, -0.2) is 4.98 Å². The molecule has 0 aliphatic rings. The van der Waals surface area contributed by atoms with E-state index in [2.05, 4.69) is 20.9 Å². The Morgan fingerprint density at radius 3 is 2.93 bits per heavy atom. The van der Waals surface area contributed by atoms with Gasteiger partial charge in [0.2, 0.25) is 0 Å². The average molecular weight is 271 g/mol. The highest BCUT2D eigenvalue weighted by Gasteiger charge is 2.11. The van der Waals surface area contributed by atoms with Crippen LogP contribution in [0.4, 0.5) is 0 Å². The van der Waals surface area contributed by atoms with Crippen LogP contribution in [0.2, 0.25) is 0 Å². The molecular weight excluding hydrogens is 260 g/mol. The minimum Gasteiger partial charge on any atom is -0.506 e. The van der Waals surface area contributed by atoms with Gasteiger partial charge in [-0.05, 0) is 35.0 Å². The van der Waals surface area contributed by atoms with Crippen LogP contribution in [0.15, 0.2) is 22.9 Å². The van der Waals surface area contributed by atoms with E-state index < -0.39 is 6.10 Å². The molecule has 0 aliphatic heterocycles. The number of aromatic nitrogens is 2. The summed E-state index contributed by atoms with van der Waals surface area (Å²) in [6.45, 7) is 1.71. The van der Waals surface area contributed by atoms with Gasteiger partial charge in [0.1, 0.15) is 16.2 Å². The Bertz CT molecular complexity index is 493. The third-order valence-electron chi connectivity index (χ3n) is 2.13. The molecule has 0 spiro atoms. The van der Waals surface area contributed by atoms with E-state index in [1.807, 2.05) is 0 Å². The fourth-order valence-corrected chi connectivity index (χ4v) is 2.03. The first-order valence-corrected chi connectivity index (χ1v) is 5.40. The van der Waals surface area contributed by atoms with Crippen molar-refractivity contribution < 1.29 is 10.2 Å². The summed E-state index contributed by atoms with van der Waals surface area (Å²) in [7, 11) is 0. The number of aliphatic hydroxyl groups excluding tert-OH is 1. The SMILES string of the molecule is CC(O)Cc1nc(Br)c2ccc(O)cn12. The fraction of sp³-hybridized carbons (Fsp3) is 0.300. The van der Waals surface area contributed by atoms with Crippen LogP contribution >= 0.6 is 15.9 Å². The molecule has 1 atom stereocenters. The van der Waals surface area contributed by atoms with Crippen LogP contribution in [0.3, 0.4) is 0 Å². The maximum Gasteiger partial charge on any atom is 0.132 e. The molecule has 0 radical (unpaired) electrons. The molecule has 0 saturated carbocycles. The summed E-state index contributed by atoms with van der Waals surface area (Å²) < 4.78 is 2.49. The normalized spacial score (nSPS) is 13.3. The van der Waals surface area contributed by atoms with Gasteiger partial charge in [-0.1, -0.05) is 0 Å². The quantitative estimate of drug-likeness (QED) is 0.874. The van der Waals surface area contributed by atoms with Crippen molar-refractivity contribution in [3.63, 3.8) is 0 Å². The summed E-state index contributed by atoms with van der Waals surface area (Å²) in [4.78, 5) is 4.28. The number of hydrogen-bond acceptors (Lipinski definition) is 3. The Kier molecular flexibility index (Phi) is 2.67. The zero-order valence-corrected chi connectivity index (χ0v) is 9.77. The van der Waals surface area contributed by atoms with E-state index in [1.165, 1.54) is 0 Å². The monoisotopic (exact) mass is 270 g/mol. The van der Waals surface area contributed by atoms with E-state index in [0.29, 0.717) is 6.42 Å². The van der Waals surface area contributed by atoms with Gasteiger partial charge >= 0.3 is 0 Å². The van der Waals surface area contributed by atoms with Crippen molar-refractivity contribution in [1.82, 2.24) is 9.38 Å². The molecule has 0 aromatic carbocycles. The molecule has 0 aliphatic carbocycles. The van der Waals surface area contributed by atoms with Gasteiger partial charge in [0.15, 0.2) is 0 Å². The minimum absolute atomic E-state index is 0.180. The summed E-state index contributed by atoms with van der Waals surface area (Å²) in [5, 5.41) is 18.7. The Balaban J connectivity index is 2.59. The van der Waals surface area contributed by atoms with Gasteiger partial charge in [0.05, 0.1) is 17.8 Å². The smallest absolute Gasteiger partial charge is 0.132 e. The number of fused-ring (bicyclic) bond motifs is 1. The van der Waals surface area contributed by atoms with Crippen molar-refractivity contribution in [3.8, 4) is 5.75 Å². The molecule has 15 heavy (non-hydrogen) atoms. The average Bonchev–Trinajstić information content (AvgIpc) is 2.42. The molecule has 0 saturated heterocycles. The molecule has 0 bridgehead atoms. The third kappa shape index (κ3) is 1.98. The number of hydrogen-bond donors (Lipinski definition) is 2. The predicted molar refractivity (Wildman–Crippen MR) is 59.9 cm³/mol. The Morgan fingerprint density at radius 1 is 1.53 bits per heavy atom. The zero-order valence-electron chi connectivity index (χ0n) is 8.18. The lowest BCUT2D eigenvalue weighted by atomic mass is 10.3. The highest BCUT2D eigenvalue weighted by molar-refractivity contribution is 9.10. The number of aliphatic hydroxyl groups is 1. The predicted octanol–water partition coefficient (Wildman–Crippen LogP) is 1.73. The number of rotatable bonds is 2. The van der Waals surface area contributed by atoms with Crippen molar-refractivity contribution in [1.29, 1.82) is 0 Å². The lowest BCUT2D eigenvalue weighted by Crippen LogP contribution is -2.07. The lowest BCUT2D eigenvalue weighted by molar-refractivity contribution is 0.192. The van der Waals surface area contributed by atoms with Gasteiger partial charge < -0.3 is 10.2 Å². The third-order valence-corrected chi connectivity index (χ3v) is 2.71. The van der Waals surface area contributed by atoms with Gasteiger partial charge in [-0.3, -0.25) is 4.40 Å². The van der Waals surface area contributed by atoms with E-state index in [1.54, 1.807) is 29.7 Å². The zero-order chi connectivity index (χ0) is 11.0. The van der Waals surface area contributed by atoms with Gasteiger partial charge in [-0.15, -0.1) is 0 Å². The van der Waals surface area contributed by atoms with E-state index in [-0.39, 0.29) is 5.75 Å². The molecule has 80 valence electrons. The van der Waals surface area contributed by atoms with Gasteiger partial charge in [-0.2, -0.15) is 0 Å². The molecule has 2 aromatic rings. The number of pyridine rings is 1. The van der Waals surface area contributed by atoms with E-state index >= 15 is 0 Å². The van der Waals surface area contributed by atoms with Crippen molar-refractivity contribution in [3.05, 3.63) is 28.8 Å². The summed E-state index contributed by atoms with van der Waals surface area (Å²) in [6.07, 6.45) is 1.59. The van der Waals surface area contributed by atoms with Crippen molar-refractivity contribution in [2.24, 2.45) is 0 Å². The van der Waals surface area contributed by atoms with Crippen LogP contribution in [0.1, 0.15) is 12.7 Å². The standard InChI is InChI=1S/C10H11BrN2O2/c1-6(14)4-9-12-10(11)8-3-2-7(15)5-13(8)9/h2-3,5-6,14-15H,4H2,1H3. The number of imidazole rings is 1. The van der Waals surface area contributed by atoms with E-state index in [0.717, 1.165) is 15.9 Å². The first-order chi connectivity index (χ1) is 7.08. The fourth-order valence-electron chi connectivity index (χ4n) is 1.50. The maximum absolute atomic E-state index is 9.37. The van der Waals surface area contributed by atoms with Gasteiger partial charge in [0, 0.05) is 6.42 Å². The summed E-state index contributed by atoms with van der Waals surface area (Å²) in [5.74, 6) is 0.905. The Labute approximate surface area is 95.3 Å². The van der Waals surface area contributed by atoms with Crippen molar-refractivity contribution in [2.45, 2.75) is 19.4 Å². The molecule has 5 heteroatoms. The molecular formula is C10H11BrN2O2. The summed E-state index contributed by atoms with van der Waals surface area (Å²) in [6, 6.07) is 3.38. The Morgan fingerprint density at radius 2 is 2.27 bits per heavy atom. The summed E-state index contributed by atoms with van der Waals surface area (Å²) in [5.41, 5.74) is 0.878. The lowest BCUT2D eigenvalue weighted by Gasteiger charge is -2.03. The maximum atomic E-state index is 9.37. The van der Waals surface area contributed by atoms with Crippen LogP contribution in [0.25, 0.3) is 5.52 Å². The van der Waals surface area contributed by atoms with E-state index in [9.17, 15) is 10.2 Å². The van der Waals surface area contributed by atoms with Crippen molar-refractivity contribution in [2.75, 3.05) is 0 Å². The molecule has 1 unspecified atom stereocenters. The minimum atomic E-state index is -0.454. The van der Waals surface area contributed by atoms with Crippen LogP contribution in [-0.4, -0.2) is 25.7 Å². The number of halogens is 1.